The van der Waals surface area contributed by atoms with Gasteiger partial charge in [0.2, 0.25) is 0 Å². The molecule has 0 heterocycles. The predicted octanol–water partition coefficient (Wildman–Crippen LogP) is 1.34. The summed E-state index contributed by atoms with van der Waals surface area (Å²) in [5, 5.41) is 0. The van der Waals surface area contributed by atoms with E-state index in [-0.39, 0.29) is 5.41 Å². The molecule has 0 aliphatic heterocycles. The SMILES string of the molecule is CC1(C)Cc2ccccc2C1(N)N. The molecule has 2 heteroatoms. The van der Waals surface area contributed by atoms with Crippen LogP contribution in [0.3, 0.4) is 0 Å². The van der Waals surface area contributed by atoms with E-state index in [0.29, 0.717) is 0 Å². The Labute approximate surface area is 78.9 Å². The van der Waals surface area contributed by atoms with Crippen LogP contribution in [0.2, 0.25) is 0 Å². The molecule has 2 nitrogen and oxygen atoms in total. The first-order valence-corrected chi connectivity index (χ1v) is 4.61. The van der Waals surface area contributed by atoms with Crippen LogP contribution in [0.4, 0.5) is 0 Å². The van der Waals surface area contributed by atoms with Crippen molar-refractivity contribution in [2.75, 3.05) is 0 Å². The number of fused-ring (bicyclic) bond motifs is 1. The minimum absolute atomic E-state index is 0.0450. The average Bonchev–Trinajstić information content (AvgIpc) is 2.20. The maximum atomic E-state index is 6.14. The summed E-state index contributed by atoms with van der Waals surface area (Å²) in [5.41, 5.74) is 14.0. The van der Waals surface area contributed by atoms with Crippen LogP contribution in [-0.4, -0.2) is 0 Å². The fourth-order valence-corrected chi connectivity index (χ4v) is 2.06. The average molecular weight is 176 g/mol. The molecule has 0 bridgehead atoms. The van der Waals surface area contributed by atoms with Gasteiger partial charge in [-0.25, -0.2) is 0 Å². The quantitative estimate of drug-likeness (QED) is 0.586. The van der Waals surface area contributed by atoms with Gasteiger partial charge in [0.25, 0.3) is 0 Å². The van der Waals surface area contributed by atoms with Gasteiger partial charge in [-0.3, -0.25) is 0 Å². The molecule has 1 aromatic carbocycles. The number of rotatable bonds is 0. The first-order valence-electron chi connectivity index (χ1n) is 4.61. The lowest BCUT2D eigenvalue weighted by Gasteiger charge is -2.34. The fourth-order valence-electron chi connectivity index (χ4n) is 2.06. The van der Waals surface area contributed by atoms with Gasteiger partial charge in [-0.2, -0.15) is 0 Å². The van der Waals surface area contributed by atoms with E-state index in [1.54, 1.807) is 0 Å². The van der Waals surface area contributed by atoms with E-state index < -0.39 is 5.66 Å². The molecule has 13 heavy (non-hydrogen) atoms. The maximum absolute atomic E-state index is 6.14. The molecule has 0 saturated heterocycles. The zero-order chi connectivity index (χ0) is 9.69. The van der Waals surface area contributed by atoms with E-state index in [9.17, 15) is 0 Å². The van der Waals surface area contributed by atoms with Crippen LogP contribution >= 0.6 is 0 Å². The minimum atomic E-state index is -0.677. The molecule has 0 aromatic heterocycles. The van der Waals surface area contributed by atoms with E-state index in [1.807, 2.05) is 18.2 Å². The van der Waals surface area contributed by atoms with Crippen LogP contribution in [0.15, 0.2) is 24.3 Å². The zero-order valence-electron chi connectivity index (χ0n) is 8.17. The Kier molecular flexibility index (Phi) is 1.57. The molecule has 0 atom stereocenters. The molecule has 4 N–H and O–H groups in total. The van der Waals surface area contributed by atoms with E-state index in [0.717, 1.165) is 12.0 Å². The van der Waals surface area contributed by atoms with E-state index >= 15 is 0 Å². The first-order chi connectivity index (χ1) is 5.95. The summed E-state index contributed by atoms with van der Waals surface area (Å²) in [4.78, 5) is 0. The highest BCUT2D eigenvalue weighted by atomic mass is 15.0. The third-order valence-corrected chi connectivity index (χ3v) is 3.22. The van der Waals surface area contributed by atoms with Crippen LogP contribution < -0.4 is 11.5 Å². The van der Waals surface area contributed by atoms with Gasteiger partial charge in [0.15, 0.2) is 0 Å². The third-order valence-electron chi connectivity index (χ3n) is 3.22. The summed E-state index contributed by atoms with van der Waals surface area (Å²) in [6, 6.07) is 8.17. The van der Waals surface area contributed by atoms with Crippen LogP contribution in [0.5, 0.6) is 0 Å². The second kappa shape index (κ2) is 2.34. The highest BCUT2D eigenvalue weighted by Crippen LogP contribution is 2.44. The van der Waals surface area contributed by atoms with Gasteiger partial charge in [-0.15, -0.1) is 0 Å². The third kappa shape index (κ3) is 1.02. The monoisotopic (exact) mass is 176 g/mol. The Morgan fingerprint density at radius 2 is 1.77 bits per heavy atom. The minimum Gasteiger partial charge on any atom is -0.309 e. The number of hydrogen-bond donors (Lipinski definition) is 2. The lowest BCUT2D eigenvalue weighted by atomic mass is 9.81. The molecule has 0 radical (unpaired) electrons. The van der Waals surface area contributed by atoms with Crippen molar-refractivity contribution in [3.8, 4) is 0 Å². The topological polar surface area (TPSA) is 52.0 Å². The summed E-state index contributed by atoms with van der Waals surface area (Å²) in [5.74, 6) is 0. The van der Waals surface area contributed by atoms with Crippen LogP contribution in [0.25, 0.3) is 0 Å². The van der Waals surface area contributed by atoms with Crippen molar-refractivity contribution in [2.24, 2.45) is 16.9 Å². The van der Waals surface area contributed by atoms with E-state index in [4.69, 9.17) is 11.5 Å². The molecular formula is C11H16N2. The normalized spacial score (nSPS) is 22.8. The molecule has 2 rings (SSSR count). The fraction of sp³-hybridized carbons (Fsp3) is 0.455. The van der Waals surface area contributed by atoms with Crippen molar-refractivity contribution in [1.82, 2.24) is 0 Å². The Bertz CT molecular complexity index is 340. The Morgan fingerprint density at radius 1 is 1.15 bits per heavy atom. The van der Waals surface area contributed by atoms with Gasteiger partial charge in [0.05, 0.1) is 5.66 Å². The van der Waals surface area contributed by atoms with Crippen molar-refractivity contribution in [3.05, 3.63) is 35.4 Å². The first kappa shape index (κ1) is 8.73. The van der Waals surface area contributed by atoms with Gasteiger partial charge in [0.1, 0.15) is 0 Å². The Hall–Kier alpha value is -0.860. The van der Waals surface area contributed by atoms with Crippen molar-refractivity contribution >= 4 is 0 Å². The molecule has 0 spiro atoms. The van der Waals surface area contributed by atoms with Gasteiger partial charge >= 0.3 is 0 Å². The zero-order valence-corrected chi connectivity index (χ0v) is 8.17. The number of nitrogens with two attached hydrogens (primary N) is 2. The lowest BCUT2D eigenvalue weighted by Crippen LogP contribution is -2.54. The standard InChI is InChI=1S/C11H16N2/c1-10(2)7-8-5-3-4-6-9(8)11(10,12)13/h3-6H,7,12-13H2,1-2H3. The molecular weight excluding hydrogens is 160 g/mol. The van der Waals surface area contributed by atoms with Gasteiger partial charge in [-0.05, 0) is 17.5 Å². The van der Waals surface area contributed by atoms with Crippen molar-refractivity contribution in [2.45, 2.75) is 25.9 Å². The number of hydrogen-bond acceptors (Lipinski definition) is 2. The lowest BCUT2D eigenvalue weighted by molar-refractivity contribution is 0.197. The van der Waals surface area contributed by atoms with Crippen LogP contribution in [-0.2, 0) is 12.1 Å². The second-order valence-electron chi connectivity index (χ2n) is 4.59. The molecule has 0 fully saturated rings. The smallest absolute Gasteiger partial charge is 0.0957 e. The van der Waals surface area contributed by atoms with Gasteiger partial charge in [0, 0.05) is 5.41 Å². The van der Waals surface area contributed by atoms with Crippen molar-refractivity contribution in [3.63, 3.8) is 0 Å². The highest BCUT2D eigenvalue weighted by molar-refractivity contribution is 5.40. The van der Waals surface area contributed by atoms with Crippen molar-refractivity contribution < 1.29 is 0 Å². The maximum Gasteiger partial charge on any atom is 0.0957 e. The second-order valence-corrected chi connectivity index (χ2v) is 4.59. The summed E-state index contributed by atoms with van der Waals surface area (Å²) >= 11 is 0. The van der Waals surface area contributed by atoms with Gasteiger partial charge in [-0.1, -0.05) is 38.1 Å². The molecule has 1 aliphatic rings. The molecule has 0 unspecified atom stereocenters. The summed E-state index contributed by atoms with van der Waals surface area (Å²) in [6.45, 7) is 4.24. The van der Waals surface area contributed by atoms with E-state index in [1.165, 1.54) is 5.56 Å². The van der Waals surface area contributed by atoms with Crippen molar-refractivity contribution in [1.29, 1.82) is 0 Å². The van der Waals surface area contributed by atoms with E-state index in [2.05, 4.69) is 19.9 Å². The summed E-state index contributed by atoms with van der Waals surface area (Å²) in [7, 11) is 0. The largest absolute Gasteiger partial charge is 0.309 e. The van der Waals surface area contributed by atoms with Crippen LogP contribution in [0, 0.1) is 5.41 Å². The molecule has 1 aliphatic carbocycles. The van der Waals surface area contributed by atoms with Gasteiger partial charge < -0.3 is 11.5 Å². The molecule has 70 valence electrons. The summed E-state index contributed by atoms with van der Waals surface area (Å²) in [6.07, 6.45) is 0.968. The highest BCUT2D eigenvalue weighted by Gasteiger charge is 2.46. The summed E-state index contributed by atoms with van der Waals surface area (Å²) < 4.78 is 0. The number of benzene rings is 1. The molecule has 0 amide bonds. The Balaban J connectivity index is 2.60. The predicted molar refractivity (Wildman–Crippen MR) is 54.0 cm³/mol. The Morgan fingerprint density at radius 3 is 2.38 bits per heavy atom. The molecule has 0 saturated carbocycles. The molecule has 1 aromatic rings. The van der Waals surface area contributed by atoms with Crippen LogP contribution in [0.1, 0.15) is 25.0 Å².